The molecule has 6 heteroatoms. The van der Waals surface area contributed by atoms with Gasteiger partial charge in [0.2, 0.25) is 0 Å². The number of halogens is 1. The molecule has 0 atom stereocenters. The van der Waals surface area contributed by atoms with Crippen LogP contribution in [0.2, 0.25) is 0 Å². The normalized spacial score (nSPS) is 10.8. The molecular weight excluding hydrogens is 293 g/mol. The van der Waals surface area contributed by atoms with Crippen molar-refractivity contribution >= 4 is 17.3 Å². The maximum absolute atomic E-state index is 14.1. The first-order chi connectivity index (χ1) is 10.1. The number of aromatic nitrogens is 1. The Morgan fingerprint density at radius 2 is 2.24 bits per heavy atom. The predicted octanol–water partition coefficient (Wildman–Crippen LogP) is 4.22. The van der Waals surface area contributed by atoms with E-state index in [4.69, 9.17) is 9.52 Å². The fourth-order valence-corrected chi connectivity index (χ4v) is 2.73. The number of carbonyl (C=O) groups is 1. The lowest BCUT2D eigenvalue weighted by molar-refractivity contribution is 0.0696. The van der Waals surface area contributed by atoms with E-state index in [9.17, 15) is 9.18 Å². The topological polar surface area (TPSA) is 63.3 Å². The van der Waals surface area contributed by atoms with Crippen molar-refractivity contribution in [2.75, 3.05) is 0 Å². The van der Waals surface area contributed by atoms with E-state index < -0.39 is 5.97 Å². The highest BCUT2D eigenvalue weighted by molar-refractivity contribution is 7.13. The fourth-order valence-electron chi connectivity index (χ4n) is 1.91. The smallest absolute Gasteiger partial charge is 0.338 e. The number of thiazole rings is 1. The molecule has 2 heterocycles. The van der Waals surface area contributed by atoms with Crippen molar-refractivity contribution in [3.63, 3.8) is 0 Å². The van der Waals surface area contributed by atoms with Gasteiger partial charge >= 0.3 is 5.97 Å². The van der Waals surface area contributed by atoms with Gasteiger partial charge in [0.1, 0.15) is 22.8 Å². The van der Waals surface area contributed by atoms with Crippen LogP contribution < -0.4 is 0 Å². The first-order valence-corrected chi connectivity index (χ1v) is 6.97. The number of furan rings is 1. The minimum Gasteiger partial charge on any atom is -0.478 e. The number of aryl methyl sites for hydroxylation is 1. The first-order valence-electron chi connectivity index (χ1n) is 6.09. The Bertz CT molecular complexity index is 822. The first kappa shape index (κ1) is 13.5. The number of nitrogens with zero attached hydrogens (tertiary/aromatic N) is 1. The van der Waals surface area contributed by atoms with E-state index in [1.54, 1.807) is 30.5 Å². The Hall–Kier alpha value is -2.47. The Labute approximate surface area is 123 Å². The molecule has 0 fully saturated rings. The van der Waals surface area contributed by atoms with Gasteiger partial charge in [-0.2, -0.15) is 0 Å². The van der Waals surface area contributed by atoms with Crippen LogP contribution in [0, 0.1) is 12.7 Å². The third-order valence-electron chi connectivity index (χ3n) is 3.03. The number of hydrogen-bond acceptors (Lipinski definition) is 4. The number of carboxylic acids is 1. The van der Waals surface area contributed by atoms with Crippen LogP contribution in [0.25, 0.3) is 22.0 Å². The maximum atomic E-state index is 14.1. The molecule has 0 unspecified atom stereocenters. The van der Waals surface area contributed by atoms with E-state index in [-0.39, 0.29) is 11.4 Å². The molecule has 0 aliphatic rings. The van der Waals surface area contributed by atoms with Gasteiger partial charge in [-0.25, -0.2) is 14.2 Å². The van der Waals surface area contributed by atoms with E-state index in [1.165, 1.54) is 17.4 Å². The lowest BCUT2D eigenvalue weighted by Gasteiger charge is -2.01. The molecule has 21 heavy (non-hydrogen) atoms. The second-order valence-corrected chi connectivity index (χ2v) is 5.34. The van der Waals surface area contributed by atoms with Crippen molar-refractivity contribution in [1.82, 2.24) is 4.98 Å². The van der Waals surface area contributed by atoms with Gasteiger partial charge in [-0.3, -0.25) is 0 Å². The van der Waals surface area contributed by atoms with Crippen LogP contribution in [0.5, 0.6) is 0 Å². The molecule has 0 bridgehead atoms. The van der Waals surface area contributed by atoms with E-state index >= 15 is 0 Å². The number of carboxylic acid groups (broad SMARTS) is 1. The van der Waals surface area contributed by atoms with Crippen LogP contribution in [-0.4, -0.2) is 16.1 Å². The molecule has 4 nitrogen and oxygen atoms in total. The zero-order valence-electron chi connectivity index (χ0n) is 11.0. The molecule has 0 spiro atoms. The van der Waals surface area contributed by atoms with Crippen molar-refractivity contribution in [3.05, 3.63) is 52.9 Å². The molecular formula is C15H10FNO3S. The van der Waals surface area contributed by atoms with Crippen LogP contribution in [0.1, 0.15) is 15.9 Å². The summed E-state index contributed by atoms with van der Waals surface area (Å²) in [5.74, 6) is -1.02. The third-order valence-corrected chi connectivity index (χ3v) is 3.90. The molecule has 3 aromatic rings. The zero-order valence-corrected chi connectivity index (χ0v) is 11.8. The second kappa shape index (κ2) is 5.14. The van der Waals surface area contributed by atoms with Crippen LogP contribution in [0.4, 0.5) is 4.39 Å². The summed E-state index contributed by atoms with van der Waals surface area (Å²) in [5.41, 5.74) is 1.52. The summed E-state index contributed by atoms with van der Waals surface area (Å²) < 4.78 is 19.3. The summed E-state index contributed by atoms with van der Waals surface area (Å²) in [4.78, 5) is 15.1. The standard InChI is InChI=1S/C15H10FNO3S/c1-8-3-2-4-10(13(8)16)14-17-11(7-21-14)12-5-9(6-20-12)15(18)19/h2-7H,1H3,(H,18,19). The quantitative estimate of drug-likeness (QED) is 0.787. The van der Waals surface area contributed by atoms with Crippen molar-refractivity contribution in [2.24, 2.45) is 0 Å². The molecule has 106 valence electrons. The molecule has 0 saturated carbocycles. The molecule has 0 amide bonds. The van der Waals surface area contributed by atoms with Crippen molar-refractivity contribution in [1.29, 1.82) is 0 Å². The molecule has 1 N–H and O–H groups in total. The number of hydrogen-bond donors (Lipinski definition) is 1. The highest BCUT2D eigenvalue weighted by atomic mass is 32.1. The zero-order chi connectivity index (χ0) is 15.0. The largest absolute Gasteiger partial charge is 0.478 e. The third kappa shape index (κ3) is 2.45. The second-order valence-electron chi connectivity index (χ2n) is 4.48. The van der Waals surface area contributed by atoms with E-state index in [1.807, 2.05) is 0 Å². The molecule has 0 radical (unpaired) electrons. The summed E-state index contributed by atoms with van der Waals surface area (Å²) >= 11 is 1.28. The predicted molar refractivity (Wildman–Crippen MR) is 76.9 cm³/mol. The van der Waals surface area contributed by atoms with Gasteiger partial charge in [0.15, 0.2) is 5.76 Å². The highest BCUT2D eigenvalue weighted by Gasteiger charge is 2.15. The maximum Gasteiger partial charge on any atom is 0.338 e. The molecule has 0 saturated heterocycles. The molecule has 3 rings (SSSR count). The average molecular weight is 303 g/mol. The SMILES string of the molecule is Cc1cccc(-c2nc(-c3cc(C(=O)O)co3)cs2)c1F. The van der Waals surface area contributed by atoms with E-state index in [0.29, 0.717) is 27.6 Å². The van der Waals surface area contributed by atoms with Crippen LogP contribution in [0.3, 0.4) is 0 Å². The molecule has 2 aromatic heterocycles. The minimum absolute atomic E-state index is 0.0567. The van der Waals surface area contributed by atoms with Crippen LogP contribution in [-0.2, 0) is 0 Å². The Balaban J connectivity index is 1.99. The average Bonchev–Trinajstić information content (AvgIpc) is 3.09. The summed E-state index contributed by atoms with van der Waals surface area (Å²) in [7, 11) is 0. The van der Waals surface area contributed by atoms with Crippen LogP contribution in [0.15, 0.2) is 40.3 Å². The van der Waals surface area contributed by atoms with Crippen molar-refractivity contribution in [2.45, 2.75) is 6.92 Å². The van der Waals surface area contributed by atoms with E-state index in [2.05, 4.69) is 4.98 Å². The van der Waals surface area contributed by atoms with Crippen molar-refractivity contribution in [3.8, 4) is 22.0 Å². The van der Waals surface area contributed by atoms with E-state index in [0.717, 1.165) is 6.26 Å². The fraction of sp³-hybridized carbons (Fsp3) is 0.0667. The van der Waals surface area contributed by atoms with Gasteiger partial charge in [0.05, 0.1) is 5.56 Å². The highest BCUT2D eigenvalue weighted by Crippen LogP contribution is 2.32. The molecule has 0 aliphatic carbocycles. The number of rotatable bonds is 3. The van der Waals surface area contributed by atoms with Gasteiger partial charge in [-0.15, -0.1) is 11.3 Å². The van der Waals surface area contributed by atoms with Gasteiger partial charge in [-0.05, 0) is 18.6 Å². The number of benzene rings is 1. The summed E-state index contributed by atoms with van der Waals surface area (Å²) in [5, 5.41) is 11.1. The lowest BCUT2D eigenvalue weighted by Crippen LogP contribution is -1.91. The van der Waals surface area contributed by atoms with Gasteiger partial charge in [-0.1, -0.05) is 12.1 Å². The summed E-state index contributed by atoms with van der Waals surface area (Å²) in [6, 6.07) is 6.52. The Kier molecular flexibility index (Phi) is 3.31. The van der Waals surface area contributed by atoms with Crippen LogP contribution >= 0.6 is 11.3 Å². The lowest BCUT2D eigenvalue weighted by atomic mass is 10.1. The molecule has 0 aliphatic heterocycles. The minimum atomic E-state index is -1.06. The molecule has 1 aromatic carbocycles. The van der Waals surface area contributed by atoms with Gasteiger partial charge in [0, 0.05) is 17.0 Å². The Morgan fingerprint density at radius 3 is 2.95 bits per heavy atom. The monoisotopic (exact) mass is 303 g/mol. The summed E-state index contributed by atoms with van der Waals surface area (Å²) in [6.07, 6.45) is 1.16. The number of aromatic carboxylic acids is 1. The van der Waals surface area contributed by atoms with Crippen molar-refractivity contribution < 1.29 is 18.7 Å². The summed E-state index contributed by atoms with van der Waals surface area (Å²) in [6.45, 7) is 1.69. The van der Waals surface area contributed by atoms with Gasteiger partial charge < -0.3 is 9.52 Å². The Morgan fingerprint density at radius 1 is 1.43 bits per heavy atom. The van der Waals surface area contributed by atoms with Gasteiger partial charge in [0.25, 0.3) is 0 Å².